The number of alkyl halides is 3. The summed E-state index contributed by atoms with van der Waals surface area (Å²) in [6, 6.07) is 4.30. The molecule has 1 fully saturated rings. The van der Waals surface area contributed by atoms with Crippen LogP contribution in [0.25, 0.3) is 0 Å². The molecule has 0 aliphatic carbocycles. The standard InChI is InChI=1S/C14H17F3N2O/c1-19-9-3-2-4-12(19)13(20)18-11-7-5-10(6-8-11)14(15,16)17/h5-8,12H,2-4,9H2,1H3,(H,18,20). The molecule has 110 valence electrons. The fraction of sp³-hybridized carbons (Fsp3) is 0.500. The van der Waals surface area contributed by atoms with Crippen molar-refractivity contribution in [3.05, 3.63) is 29.8 Å². The van der Waals surface area contributed by atoms with Gasteiger partial charge in [0.1, 0.15) is 0 Å². The van der Waals surface area contributed by atoms with Gasteiger partial charge in [-0.2, -0.15) is 13.2 Å². The number of amides is 1. The average Bonchev–Trinajstić information content (AvgIpc) is 2.38. The number of nitrogens with one attached hydrogen (secondary N) is 1. The molecular formula is C14H17F3N2O. The predicted octanol–water partition coefficient (Wildman–Crippen LogP) is 3.13. The van der Waals surface area contributed by atoms with Gasteiger partial charge in [0.2, 0.25) is 5.91 Å². The summed E-state index contributed by atoms with van der Waals surface area (Å²) in [5, 5.41) is 2.67. The lowest BCUT2D eigenvalue weighted by molar-refractivity contribution is -0.137. The number of likely N-dealkylation sites (tertiary alicyclic amines) is 1. The summed E-state index contributed by atoms with van der Waals surface area (Å²) in [5.41, 5.74) is -0.327. The normalized spacial score (nSPS) is 20.7. The number of hydrogen-bond donors (Lipinski definition) is 1. The van der Waals surface area contributed by atoms with Gasteiger partial charge in [-0.15, -0.1) is 0 Å². The zero-order valence-corrected chi connectivity index (χ0v) is 11.2. The molecule has 1 amide bonds. The summed E-state index contributed by atoms with van der Waals surface area (Å²) in [5.74, 6) is -0.160. The minimum Gasteiger partial charge on any atom is -0.325 e. The molecular weight excluding hydrogens is 269 g/mol. The highest BCUT2D eigenvalue weighted by atomic mass is 19.4. The number of hydrogen-bond acceptors (Lipinski definition) is 2. The van der Waals surface area contributed by atoms with Gasteiger partial charge in [-0.1, -0.05) is 6.42 Å². The zero-order valence-electron chi connectivity index (χ0n) is 11.2. The maximum atomic E-state index is 12.4. The molecule has 0 bridgehead atoms. The Morgan fingerprint density at radius 2 is 1.90 bits per heavy atom. The molecule has 0 spiro atoms. The van der Waals surface area contributed by atoms with Crippen molar-refractivity contribution < 1.29 is 18.0 Å². The molecule has 1 N–H and O–H groups in total. The van der Waals surface area contributed by atoms with Gasteiger partial charge in [-0.25, -0.2) is 0 Å². The third kappa shape index (κ3) is 3.50. The van der Waals surface area contributed by atoms with Crippen molar-refractivity contribution in [2.24, 2.45) is 0 Å². The second kappa shape index (κ2) is 5.83. The Bertz CT molecular complexity index is 470. The Kier molecular flexibility index (Phi) is 4.32. The first kappa shape index (κ1) is 14.8. The summed E-state index contributed by atoms with van der Waals surface area (Å²) in [7, 11) is 1.89. The van der Waals surface area contributed by atoms with Crippen LogP contribution in [-0.2, 0) is 11.0 Å². The van der Waals surface area contributed by atoms with Crippen LogP contribution in [0.5, 0.6) is 0 Å². The maximum Gasteiger partial charge on any atom is 0.416 e. The van der Waals surface area contributed by atoms with Gasteiger partial charge in [0.25, 0.3) is 0 Å². The second-order valence-corrected chi connectivity index (χ2v) is 5.06. The Morgan fingerprint density at radius 1 is 1.25 bits per heavy atom. The van der Waals surface area contributed by atoms with Gasteiger partial charge >= 0.3 is 6.18 Å². The summed E-state index contributed by atoms with van der Waals surface area (Å²) < 4.78 is 37.3. The van der Waals surface area contributed by atoms with E-state index in [0.29, 0.717) is 5.69 Å². The number of carbonyl (C=O) groups is 1. The lowest BCUT2D eigenvalue weighted by Gasteiger charge is -2.31. The molecule has 0 saturated carbocycles. The van der Waals surface area contributed by atoms with E-state index in [4.69, 9.17) is 0 Å². The van der Waals surface area contributed by atoms with E-state index in [1.807, 2.05) is 11.9 Å². The highest BCUT2D eigenvalue weighted by Gasteiger charge is 2.30. The Balaban J connectivity index is 2.01. The fourth-order valence-corrected chi connectivity index (χ4v) is 2.37. The van der Waals surface area contributed by atoms with E-state index in [0.717, 1.165) is 37.9 Å². The number of nitrogens with zero attached hydrogens (tertiary/aromatic N) is 1. The van der Waals surface area contributed by atoms with Gasteiger partial charge in [0.15, 0.2) is 0 Å². The van der Waals surface area contributed by atoms with Crippen molar-refractivity contribution in [3.63, 3.8) is 0 Å². The smallest absolute Gasteiger partial charge is 0.325 e. The number of halogens is 3. The molecule has 3 nitrogen and oxygen atoms in total. The molecule has 1 aromatic rings. The van der Waals surface area contributed by atoms with Crippen LogP contribution in [0.1, 0.15) is 24.8 Å². The van der Waals surface area contributed by atoms with Crippen molar-refractivity contribution in [1.82, 2.24) is 4.90 Å². The molecule has 1 atom stereocenters. The van der Waals surface area contributed by atoms with Gasteiger partial charge < -0.3 is 5.32 Å². The quantitative estimate of drug-likeness (QED) is 0.906. The minimum absolute atomic E-state index is 0.160. The zero-order chi connectivity index (χ0) is 14.8. The number of rotatable bonds is 2. The van der Waals surface area contributed by atoms with Crippen LogP contribution in [0.2, 0.25) is 0 Å². The Morgan fingerprint density at radius 3 is 2.45 bits per heavy atom. The van der Waals surface area contributed by atoms with E-state index in [2.05, 4.69) is 5.32 Å². The molecule has 1 aromatic carbocycles. The highest BCUT2D eigenvalue weighted by Crippen LogP contribution is 2.30. The number of carbonyl (C=O) groups excluding carboxylic acids is 1. The minimum atomic E-state index is -4.36. The van der Waals surface area contributed by atoms with E-state index in [1.54, 1.807) is 0 Å². The summed E-state index contributed by atoms with van der Waals surface area (Å²) in [6.07, 6.45) is -1.51. The average molecular weight is 286 g/mol. The molecule has 1 aliphatic rings. The van der Waals surface area contributed by atoms with Crippen LogP contribution in [-0.4, -0.2) is 30.4 Å². The van der Waals surface area contributed by atoms with Crippen LogP contribution in [0, 0.1) is 0 Å². The third-order valence-corrected chi connectivity index (χ3v) is 3.55. The van der Waals surface area contributed by atoms with E-state index >= 15 is 0 Å². The molecule has 1 heterocycles. The number of piperidine rings is 1. The number of likely N-dealkylation sites (N-methyl/N-ethyl adjacent to an activating group) is 1. The molecule has 1 aliphatic heterocycles. The van der Waals surface area contributed by atoms with Gasteiger partial charge in [0.05, 0.1) is 11.6 Å². The third-order valence-electron chi connectivity index (χ3n) is 3.55. The SMILES string of the molecule is CN1CCCCC1C(=O)Nc1ccc(C(F)(F)F)cc1. The highest BCUT2D eigenvalue weighted by molar-refractivity contribution is 5.94. The first-order valence-electron chi connectivity index (χ1n) is 6.56. The van der Waals surface area contributed by atoms with Gasteiger partial charge in [-0.3, -0.25) is 9.69 Å². The molecule has 0 radical (unpaired) electrons. The van der Waals surface area contributed by atoms with E-state index in [1.165, 1.54) is 12.1 Å². The molecule has 2 rings (SSSR count). The monoisotopic (exact) mass is 286 g/mol. The van der Waals surface area contributed by atoms with Crippen LogP contribution in [0.15, 0.2) is 24.3 Å². The molecule has 1 unspecified atom stereocenters. The Labute approximate surface area is 115 Å². The largest absolute Gasteiger partial charge is 0.416 e. The van der Waals surface area contributed by atoms with Crippen LogP contribution in [0.3, 0.4) is 0 Å². The summed E-state index contributed by atoms with van der Waals surface area (Å²) in [6.45, 7) is 0.866. The summed E-state index contributed by atoms with van der Waals surface area (Å²) in [4.78, 5) is 14.1. The lowest BCUT2D eigenvalue weighted by Crippen LogP contribution is -2.44. The van der Waals surface area contributed by atoms with E-state index < -0.39 is 11.7 Å². The topological polar surface area (TPSA) is 32.3 Å². The van der Waals surface area contributed by atoms with Crippen molar-refractivity contribution in [2.75, 3.05) is 18.9 Å². The van der Waals surface area contributed by atoms with Crippen LogP contribution >= 0.6 is 0 Å². The van der Waals surface area contributed by atoms with E-state index in [-0.39, 0.29) is 11.9 Å². The van der Waals surface area contributed by atoms with Gasteiger partial charge in [0, 0.05) is 5.69 Å². The molecule has 0 aromatic heterocycles. The Hall–Kier alpha value is -1.56. The molecule has 6 heteroatoms. The fourth-order valence-electron chi connectivity index (χ4n) is 2.37. The van der Waals surface area contributed by atoms with Crippen molar-refractivity contribution in [3.8, 4) is 0 Å². The number of benzene rings is 1. The van der Waals surface area contributed by atoms with Crippen LogP contribution < -0.4 is 5.32 Å². The lowest BCUT2D eigenvalue weighted by atomic mass is 10.0. The first-order chi connectivity index (χ1) is 9.38. The molecule has 20 heavy (non-hydrogen) atoms. The van der Waals surface area contributed by atoms with Crippen LogP contribution in [0.4, 0.5) is 18.9 Å². The summed E-state index contributed by atoms with van der Waals surface area (Å²) >= 11 is 0. The first-order valence-corrected chi connectivity index (χ1v) is 6.56. The predicted molar refractivity (Wildman–Crippen MR) is 70.3 cm³/mol. The maximum absolute atomic E-state index is 12.4. The number of anilines is 1. The van der Waals surface area contributed by atoms with Crippen molar-refractivity contribution in [2.45, 2.75) is 31.5 Å². The van der Waals surface area contributed by atoms with E-state index in [9.17, 15) is 18.0 Å². The van der Waals surface area contributed by atoms with Crippen molar-refractivity contribution >= 4 is 11.6 Å². The van der Waals surface area contributed by atoms with Gasteiger partial charge in [-0.05, 0) is 50.7 Å². The van der Waals surface area contributed by atoms with Crippen molar-refractivity contribution in [1.29, 1.82) is 0 Å². The molecule has 1 saturated heterocycles. The second-order valence-electron chi connectivity index (χ2n) is 5.06.